The molecule has 0 bridgehead atoms. The maximum Gasteiger partial charge on any atom is 0.270 e. The van der Waals surface area contributed by atoms with E-state index >= 15 is 0 Å². The third kappa shape index (κ3) is 3.63. The fourth-order valence-electron chi connectivity index (χ4n) is 3.80. The van der Waals surface area contributed by atoms with Crippen molar-refractivity contribution in [2.45, 2.75) is 51.6 Å². The Labute approximate surface area is 170 Å². The van der Waals surface area contributed by atoms with Crippen LogP contribution in [0.25, 0.3) is 11.3 Å². The number of aromatic nitrogens is 2. The Morgan fingerprint density at radius 2 is 1.86 bits per heavy atom. The number of hydrogen-bond acceptors (Lipinski definition) is 4. The Balaban J connectivity index is 1.69. The summed E-state index contributed by atoms with van der Waals surface area (Å²) in [6.07, 6.45) is 2.10. The average molecular weight is 391 g/mol. The Kier molecular flexibility index (Phi) is 4.87. The van der Waals surface area contributed by atoms with E-state index in [0.29, 0.717) is 30.3 Å². The third-order valence-corrected chi connectivity index (χ3v) is 5.59. The van der Waals surface area contributed by atoms with E-state index in [1.54, 1.807) is 24.0 Å². The molecule has 150 valence electrons. The molecule has 4 rings (SSSR count). The lowest BCUT2D eigenvalue weighted by atomic mass is 10.00. The first-order valence-electron chi connectivity index (χ1n) is 10.1. The minimum absolute atomic E-state index is 0.0210. The number of nitrogens with one attached hydrogen (secondary N) is 1. The van der Waals surface area contributed by atoms with Gasteiger partial charge in [0.25, 0.3) is 5.91 Å². The summed E-state index contributed by atoms with van der Waals surface area (Å²) in [4.78, 5) is 26.4. The van der Waals surface area contributed by atoms with Gasteiger partial charge in [0, 0.05) is 37.2 Å². The van der Waals surface area contributed by atoms with E-state index < -0.39 is 0 Å². The van der Waals surface area contributed by atoms with Crippen LogP contribution >= 0.6 is 0 Å². The molecule has 7 heteroatoms. The normalized spacial score (nSPS) is 16.4. The lowest BCUT2D eigenvalue weighted by Gasteiger charge is -2.38. The Hall–Kier alpha value is -3.14. The van der Waals surface area contributed by atoms with Gasteiger partial charge < -0.3 is 10.2 Å². The van der Waals surface area contributed by atoms with Crippen LogP contribution in [0, 0.1) is 11.3 Å². The molecule has 1 aliphatic carbocycles. The largest absolute Gasteiger partial charge is 0.344 e. The van der Waals surface area contributed by atoms with Crippen molar-refractivity contribution in [1.29, 1.82) is 5.26 Å². The molecule has 1 saturated carbocycles. The van der Waals surface area contributed by atoms with Crippen LogP contribution in [0.3, 0.4) is 0 Å². The first-order valence-corrected chi connectivity index (χ1v) is 10.1. The summed E-state index contributed by atoms with van der Waals surface area (Å²) in [7, 11) is 0. The highest BCUT2D eigenvalue weighted by molar-refractivity contribution is 5.97. The highest BCUT2D eigenvalue weighted by Crippen LogP contribution is 2.46. The first-order chi connectivity index (χ1) is 13.9. The second-order valence-electron chi connectivity index (χ2n) is 8.21. The lowest BCUT2D eigenvalue weighted by molar-refractivity contribution is -0.133. The van der Waals surface area contributed by atoms with Crippen LogP contribution in [0.1, 0.15) is 67.2 Å². The number of rotatable bonds is 5. The van der Waals surface area contributed by atoms with E-state index in [0.717, 1.165) is 29.7 Å². The average Bonchev–Trinajstić information content (AvgIpc) is 3.42. The number of carbonyl (C=O) groups is 2. The fraction of sp³-hybridized carbons (Fsp3) is 0.455. The topological polar surface area (TPSA) is 91.0 Å². The number of benzene rings is 1. The van der Waals surface area contributed by atoms with Gasteiger partial charge in [0.05, 0.1) is 23.4 Å². The molecular weight excluding hydrogens is 366 g/mol. The number of nitriles is 1. The smallest absolute Gasteiger partial charge is 0.270 e. The standard InChI is InChI=1S/C22H25N5O2/c1-13(2)27-21(22(29)24-18-11-26(12-18)14(3)28)19(16-8-9-16)20(25-27)17-6-4-15(10-23)5-7-17/h4-7,13,16,18H,8-9,11-12H2,1-3H3,(H,24,29). The fourth-order valence-corrected chi connectivity index (χ4v) is 3.80. The van der Waals surface area contributed by atoms with Gasteiger partial charge in [-0.3, -0.25) is 14.3 Å². The van der Waals surface area contributed by atoms with E-state index in [-0.39, 0.29) is 23.9 Å². The summed E-state index contributed by atoms with van der Waals surface area (Å²) in [5.74, 6) is 0.245. The van der Waals surface area contributed by atoms with Crippen molar-refractivity contribution in [1.82, 2.24) is 20.0 Å². The van der Waals surface area contributed by atoms with Crippen molar-refractivity contribution in [2.75, 3.05) is 13.1 Å². The molecule has 2 aliphatic rings. The number of nitrogens with zero attached hydrogens (tertiary/aromatic N) is 4. The monoisotopic (exact) mass is 391 g/mol. The zero-order chi connectivity index (χ0) is 20.7. The van der Waals surface area contributed by atoms with Crippen LogP contribution in [-0.2, 0) is 4.79 Å². The van der Waals surface area contributed by atoms with E-state index in [9.17, 15) is 9.59 Å². The van der Waals surface area contributed by atoms with Gasteiger partial charge in [-0.1, -0.05) is 12.1 Å². The SMILES string of the molecule is CC(=O)N1CC(NC(=O)c2c(C3CC3)c(-c3ccc(C#N)cc3)nn2C(C)C)C1. The number of amides is 2. The number of hydrogen-bond donors (Lipinski definition) is 1. The van der Waals surface area contributed by atoms with Gasteiger partial charge in [0.2, 0.25) is 5.91 Å². The van der Waals surface area contributed by atoms with Crippen LogP contribution < -0.4 is 5.32 Å². The molecule has 29 heavy (non-hydrogen) atoms. The van der Waals surface area contributed by atoms with Gasteiger partial charge in [-0.05, 0) is 44.7 Å². The predicted molar refractivity (Wildman–Crippen MR) is 108 cm³/mol. The summed E-state index contributed by atoms with van der Waals surface area (Å²) in [6, 6.07) is 9.52. The van der Waals surface area contributed by atoms with Gasteiger partial charge in [-0.15, -0.1) is 0 Å². The molecule has 1 aliphatic heterocycles. The second kappa shape index (κ2) is 7.36. The van der Waals surface area contributed by atoms with Gasteiger partial charge in [-0.25, -0.2) is 0 Å². The van der Waals surface area contributed by atoms with Gasteiger partial charge in [0.15, 0.2) is 0 Å². The number of carbonyl (C=O) groups excluding carboxylic acids is 2. The van der Waals surface area contributed by atoms with E-state index in [2.05, 4.69) is 11.4 Å². The second-order valence-corrected chi connectivity index (χ2v) is 8.21. The molecule has 1 saturated heterocycles. The minimum Gasteiger partial charge on any atom is -0.344 e. The molecule has 2 aromatic rings. The molecule has 1 N–H and O–H groups in total. The summed E-state index contributed by atoms with van der Waals surface area (Å²) in [5.41, 5.74) is 3.98. The highest BCUT2D eigenvalue weighted by Gasteiger charge is 2.37. The Morgan fingerprint density at radius 1 is 1.21 bits per heavy atom. The maximum atomic E-state index is 13.2. The zero-order valence-electron chi connectivity index (χ0n) is 17.0. The molecule has 0 atom stereocenters. The van der Waals surface area contributed by atoms with Crippen molar-refractivity contribution >= 4 is 11.8 Å². The molecule has 0 unspecified atom stereocenters. The van der Waals surface area contributed by atoms with Crippen molar-refractivity contribution < 1.29 is 9.59 Å². The number of likely N-dealkylation sites (tertiary alicyclic amines) is 1. The van der Waals surface area contributed by atoms with E-state index in [1.807, 2.05) is 30.7 Å². The first kappa shape index (κ1) is 19.2. The molecule has 2 fully saturated rings. The highest BCUT2D eigenvalue weighted by atomic mass is 16.2. The molecule has 0 spiro atoms. The lowest BCUT2D eigenvalue weighted by Crippen LogP contribution is -2.60. The zero-order valence-corrected chi connectivity index (χ0v) is 17.0. The van der Waals surface area contributed by atoms with E-state index in [1.165, 1.54) is 0 Å². The van der Waals surface area contributed by atoms with Gasteiger partial charge in [0.1, 0.15) is 5.69 Å². The van der Waals surface area contributed by atoms with Crippen LogP contribution in [0.4, 0.5) is 0 Å². The van der Waals surface area contributed by atoms with Crippen LogP contribution in [0.15, 0.2) is 24.3 Å². The summed E-state index contributed by atoms with van der Waals surface area (Å²) >= 11 is 0. The van der Waals surface area contributed by atoms with Crippen molar-refractivity contribution in [2.24, 2.45) is 0 Å². The molecule has 2 heterocycles. The van der Waals surface area contributed by atoms with Crippen LogP contribution in [0.2, 0.25) is 0 Å². The summed E-state index contributed by atoms with van der Waals surface area (Å²) in [6.45, 7) is 6.69. The quantitative estimate of drug-likeness (QED) is 0.848. The Morgan fingerprint density at radius 3 is 2.38 bits per heavy atom. The molecule has 7 nitrogen and oxygen atoms in total. The Bertz CT molecular complexity index is 989. The molecule has 1 aromatic carbocycles. The molecule has 0 radical (unpaired) electrons. The predicted octanol–water partition coefficient (Wildman–Crippen LogP) is 2.84. The summed E-state index contributed by atoms with van der Waals surface area (Å²) in [5, 5.41) is 17.0. The van der Waals surface area contributed by atoms with Crippen molar-refractivity contribution in [3.8, 4) is 17.3 Å². The van der Waals surface area contributed by atoms with Crippen LogP contribution in [-0.4, -0.2) is 45.6 Å². The molecule has 2 amide bonds. The van der Waals surface area contributed by atoms with Gasteiger partial charge in [-0.2, -0.15) is 10.4 Å². The molecule has 1 aromatic heterocycles. The van der Waals surface area contributed by atoms with Crippen LogP contribution in [0.5, 0.6) is 0 Å². The van der Waals surface area contributed by atoms with Crippen molar-refractivity contribution in [3.05, 3.63) is 41.1 Å². The maximum absolute atomic E-state index is 13.2. The third-order valence-electron chi connectivity index (χ3n) is 5.59. The summed E-state index contributed by atoms with van der Waals surface area (Å²) < 4.78 is 1.82. The van der Waals surface area contributed by atoms with Gasteiger partial charge >= 0.3 is 0 Å². The van der Waals surface area contributed by atoms with Crippen molar-refractivity contribution in [3.63, 3.8) is 0 Å². The minimum atomic E-state index is -0.124. The molecular formula is C22H25N5O2. The van der Waals surface area contributed by atoms with E-state index in [4.69, 9.17) is 10.4 Å².